The van der Waals surface area contributed by atoms with Crippen molar-refractivity contribution < 1.29 is 9.59 Å². The number of rotatable bonds is 6. The molecule has 1 saturated heterocycles. The predicted molar refractivity (Wildman–Crippen MR) is 112 cm³/mol. The van der Waals surface area contributed by atoms with E-state index in [0.717, 1.165) is 37.2 Å². The van der Waals surface area contributed by atoms with Crippen LogP contribution < -0.4 is 5.32 Å². The Morgan fingerprint density at radius 3 is 2.39 bits per heavy atom. The van der Waals surface area contributed by atoms with Crippen molar-refractivity contribution in [2.45, 2.75) is 32.2 Å². The number of nitrogens with zero attached hydrogens (tertiary/aromatic N) is 2. The van der Waals surface area contributed by atoms with Crippen molar-refractivity contribution in [2.24, 2.45) is 0 Å². The fourth-order valence-corrected chi connectivity index (χ4v) is 3.48. The molecule has 0 unspecified atom stereocenters. The fourth-order valence-electron chi connectivity index (χ4n) is 3.48. The van der Waals surface area contributed by atoms with Crippen LogP contribution in [0.4, 0.5) is 5.69 Å². The van der Waals surface area contributed by atoms with E-state index in [1.165, 1.54) is 12.8 Å². The molecule has 1 aliphatic rings. The molecule has 0 saturated carbocycles. The predicted octanol–water partition coefficient (Wildman–Crippen LogP) is 3.77. The van der Waals surface area contributed by atoms with Gasteiger partial charge in [-0.1, -0.05) is 49.2 Å². The molecule has 148 valence electrons. The molecule has 0 spiro atoms. The van der Waals surface area contributed by atoms with Crippen LogP contribution in [0.1, 0.15) is 41.6 Å². The van der Waals surface area contributed by atoms with Gasteiger partial charge in [0.15, 0.2) is 0 Å². The molecule has 2 aromatic rings. The van der Waals surface area contributed by atoms with Gasteiger partial charge in [0.1, 0.15) is 0 Å². The summed E-state index contributed by atoms with van der Waals surface area (Å²) in [7, 11) is 1.80. The molecule has 2 aromatic carbocycles. The fraction of sp³-hybridized carbons (Fsp3) is 0.391. The lowest BCUT2D eigenvalue weighted by Crippen LogP contribution is -2.32. The van der Waals surface area contributed by atoms with Crippen LogP contribution >= 0.6 is 0 Å². The maximum absolute atomic E-state index is 12.8. The van der Waals surface area contributed by atoms with Crippen molar-refractivity contribution in [2.75, 3.05) is 32.0 Å². The maximum Gasteiger partial charge on any atom is 0.253 e. The SMILES string of the molecule is CN(Cc1ccccc1)C(=O)CNc1cccc(C(=O)N2CCCCCC2)c1. The van der Waals surface area contributed by atoms with Gasteiger partial charge in [-0.15, -0.1) is 0 Å². The molecule has 1 aliphatic heterocycles. The molecule has 0 aliphatic carbocycles. The Hall–Kier alpha value is -2.82. The lowest BCUT2D eigenvalue weighted by molar-refractivity contribution is -0.128. The largest absolute Gasteiger partial charge is 0.376 e. The number of carbonyl (C=O) groups excluding carboxylic acids is 2. The van der Waals surface area contributed by atoms with Gasteiger partial charge in [-0.05, 0) is 36.6 Å². The van der Waals surface area contributed by atoms with Crippen LogP contribution in [-0.4, -0.2) is 48.3 Å². The first-order valence-corrected chi connectivity index (χ1v) is 10.0. The third-order valence-corrected chi connectivity index (χ3v) is 5.13. The topological polar surface area (TPSA) is 52.7 Å². The van der Waals surface area contributed by atoms with Crippen LogP contribution in [0.25, 0.3) is 0 Å². The molecular formula is C23H29N3O2. The lowest BCUT2D eigenvalue weighted by atomic mass is 10.1. The number of amides is 2. The molecule has 1 heterocycles. The van der Waals surface area contributed by atoms with E-state index in [-0.39, 0.29) is 18.4 Å². The number of hydrogen-bond acceptors (Lipinski definition) is 3. The lowest BCUT2D eigenvalue weighted by Gasteiger charge is -2.21. The second-order valence-electron chi connectivity index (χ2n) is 7.38. The van der Waals surface area contributed by atoms with Crippen molar-refractivity contribution in [3.8, 4) is 0 Å². The third kappa shape index (κ3) is 5.59. The van der Waals surface area contributed by atoms with E-state index in [9.17, 15) is 9.59 Å². The van der Waals surface area contributed by atoms with Crippen molar-refractivity contribution >= 4 is 17.5 Å². The zero-order valence-corrected chi connectivity index (χ0v) is 16.6. The summed E-state index contributed by atoms with van der Waals surface area (Å²) in [6, 6.07) is 17.4. The first-order chi connectivity index (χ1) is 13.6. The minimum absolute atomic E-state index is 0.00750. The van der Waals surface area contributed by atoms with E-state index in [0.29, 0.717) is 12.1 Å². The molecular weight excluding hydrogens is 350 g/mol. The van der Waals surface area contributed by atoms with E-state index < -0.39 is 0 Å². The number of likely N-dealkylation sites (N-methyl/N-ethyl adjacent to an activating group) is 1. The summed E-state index contributed by atoms with van der Waals surface area (Å²) in [6.45, 7) is 2.44. The van der Waals surface area contributed by atoms with Gasteiger partial charge in [0.05, 0.1) is 6.54 Å². The molecule has 0 aromatic heterocycles. The van der Waals surface area contributed by atoms with Gasteiger partial charge in [0.2, 0.25) is 5.91 Å². The smallest absolute Gasteiger partial charge is 0.253 e. The van der Waals surface area contributed by atoms with Gasteiger partial charge < -0.3 is 15.1 Å². The van der Waals surface area contributed by atoms with Gasteiger partial charge in [-0.25, -0.2) is 0 Å². The molecule has 28 heavy (non-hydrogen) atoms. The monoisotopic (exact) mass is 379 g/mol. The summed E-state index contributed by atoms with van der Waals surface area (Å²) in [6.07, 6.45) is 4.55. The van der Waals surface area contributed by atoms with Gasteiger partial charge in [0, 0.05) is 37.9 Å². The maximum atomic E-state index is 12.8. The average molecular weight is 380 g/mol. The summed E-state index contributed by atoms with van der Waals surface area (Å²) >= 11 is 0. The Kier molecular flexibility index (Phi) is 7.06. The quantitative estimate of drug-likeness (QED) is 0.831. The van der Waals surface area contributed by atoms with E-state index in [2.05, 4.69) is 5.32 Å². The second kappa shape index (κ2) is 9.93. The molecule has 0 bridgehead atoms. The minimum atomic E-state index is 0.00750. The van der Waals surface area contributed by atoms with Crippen molar-refractivity contribution in [3.05, 3.63) is 65.7 Å². The molecule has 3 rings (SSSR count). The zero-order valence-electron chi connectivity index (χ0n) is 16.6. The first kappa shape index (κ1) is 19.9. The van der Waals surface area contributed by atoms with E-state index in [1.54, 1.807) is 11.9 Å². The molecule has 0 radical (unpaired) electrons. The highest BCUT2D eigenvalue weighted by molar-refractivity contribution is 5.95. The number of nitrogens with one attached hydrogen (secondary N) is 1. The minimum Gasteiger partial charge on any atom is -0.376 e. The van der Waals surface area contributed by atoms with Crippen LogP contribution in [0, 0.1) is 0 Å². The highest BCUT2D eigenvalue weighted by atomic mass is 16.2. The van der Waals surface area contributed by atoms with E-state index in [4.69, 9.17) is 0 Å². The van der Waals surface area contributed by atoms with Crippen LogP contribution in [0.2, 0.25) is 0 Å². The molecule has 2 amide bonds. The van der Waals surface area contributed by atoms with Crippen LogP contribution in [0.15, 0.2) is 54.6 Å². The van der Waals surface area contributed by atoms with Gasteiger partial charge in [-0.2, -0.15) is 0 Å². The zero-order chi connectivity index (χ0) is 19.8. The standard InChI is InChI=1S/C23H29N3O2/c1-25(18-19-10-5-4-6-11-19)22(27)17-24-21-13-9-12-20(16-21)23(28)26-14-7-2-3-8-15-26/h4-6,9-13,16,24H,2-3,7-8,14-15,17-18H2,1H3. The summed E-state index contributed by atoms with van der Waals surface area (Å²) < 4.78 is 0. The first-order valence-electron chi connectivity index (χ1n) is 10.0. The van der Waals surface area contributed by atoms with Crippen LogP contribution in [-0.2, 0) is 11.3 Å². The molecule has 5 heteroatoms. The van der Waals surface area contributed by atoms with E-state index >= 15 is 0 Å². The number of benzene rings is 2. The van der Waals surface area contributed by atoms with Crippen molar-refractivity contribution in [3.63, 3.8) is 0 Å². The van der Waals surface area contributed by atoms with E-state index in [1.807, 2.05) is 59.5 Å². The molecule has 0 atom stereocenters. The normalized spacial score (nSPS) is 14.2. The Labute approximate surface area is 167 Å². The Balaban J connectivity index is 1.55. The van der Waals surface area contributed by atoms with Gasteiger partial charge in [-0.3, -0.25) is 9.59 Å². The molecule has 5 nitrogen and oxygen atoms in total. The Bertz CT molecular complexity index is 783. The summed E-state index contributed by atoms with van der Waals surface area (Å²) in [5, 5.41) is 3.16. The third-order valence-electron chi connectivity index (χ3n) is 5.13. The molecule has 1 fully saturated rings. The number of hydrogen-bond donors (Lipinski definition) is 1. The van der Waals surface area contributed by atoms with Crippen LogP contribution in [0.5, 0.6) is 0 Å². The number of anilines is 1. The highest BCUT2D eigenvalue weighted by Crippen LogP contribution is 2.16. The second-order valence-corrected chi connectivity index (χ2v) is 7.38. The highest BCUT2D eigenvalue weighted by Gasteiger charge is 2.17. The van der Waals surface area contributed by atoms with Crippen molar-refractivity contribution in [1.29, 1.82) is 0 Å². The van der Waals surface area contributed by atoms with Gasteiger partial charge >= 0.3 is 0 Å². The summed E-state index contributed by atoms with van der Waals surface area (Å²) in [5.41, 5.74) is 2.57. The number of carbonyl (C=O) groups is 2. The average Bonchev–Trinajstić information content (AvgIpc) is 3.02. The Morgan fingerprint density at radius 1 is 0.964 bits per heavy atom. The van der Waals surface area contributed by atoms with Gasteiger partial charge in [0.25, 0.3) is 5.91 Å². The number of likely N-dealkylation sites (tertiary alicyclic amines) is 1. The Morgan fingerprint density at radius 2 is 1.68 bits per heavy atom. The summed E-state index contributed by atoms with van der Waals surface area (Å²) in [4.78, 5) is 28.8. The van der Waals surface area contributed by atoms with Crippen LogP contribution in [0.3, 0.4) is 0 Å². The van der Waals surface area contributed by atoms with Crippen molar-refractivity contribution in [1.82, 2.24) is 9.80 Å². The summed E-state index contributed by atoms with van der Waals surface area (Å²) in [5.74, 6) is 0.0890. The molecule has 1 N–H and O–H groups in total.